The molecule has 2 N–H and O–H groups in total. The summed E-state index contributed by atoms with van der Waals surface area (Å²) >= 11 is 11.6. The van der Waals surface area contributed by atoms with Gasteiger partial charge in [-0.3, -0.25) is 0 Å². The molecule has 0 fully saturated rings. The highest BCUT2D eigenvalue weighted by Crippen LogP contribution is 2.20. The first-order chi connectivity index (χ1) is 9.63. The van der Waals surface area contributed by atoms with Crippen LogP contribution in [0.2, 0.25) is 10.3 Å². The standard InChI is InChI=1S/C12H8Cl2FN5/c13-7-3-6(1-2-8(7)15)4-16-10-9-11(18-5-17-9)20-12(14)19-10/h1-3,5H,4H2,(H2,16,17,18,19,20). The van der Waals surface area contributed by atoms with Gasteiger partial charge in [0.25, 0.3) is 0 Å². The summed E-state index contributed by atoms with van der Waals surface area (Å²) in [6, 6.07) is 4.51. The molecule has 5 nitrogen and oxygen atoms in total. The number of hydrogen-bond acceptors (Lipinski definition) is 4. The van der Waals surface area contributed by atoms with Crippen LogP contribution < -0.4 is 5.32 Å². The summed E-state index contributed by atoms with van der Waals surface area (Å²) < 4.78 is 13.1. The van der Waals surface area contributed by atoms with Crippen LogP contribution >= 0.6 is 23.2 Å². The van der Waals surface area contributed by atoms with Crippen LogP contribution in [0.25, 0.3) is 11.2 Å². The van der Waals surface area contributed by atoms with Crippen molar-refractivity contribution in [2.24, 2.45) is 0 Å². The lowest BCUT2D eigenvalue weighted by Gasteiger charge is -2.07. The Morgan fingerprint density at radius 3 is 2.90 bits per heavy atom. The van der Waals surface area contributed by atoms with E-state index in [2.05, 4.69) is 25.3 Å². The van der Waals surface area contributed by atoms with E-state index in [4.69, 9.17) is 23.2 Å². The van der Waals surface area contributed by atoms with Gasteiger partial charge in [-0.05, 0) is 29.3 Å². The lowest BCUT2D eigenvalue weighted by molar-refractivity contribution is 0.627. The van der Waals surface area contributed by atoms with Crippen molar-refractivity contribution in [2.45, 2.75) is 6.54 Å². The Kier molecular flexibility index (Phi) is 3.42. The first-order valence-corrected chi connectivity index (χ1v) is 6.43. The molecule has 3 aromatic rings. The molecule has 0 bridgehead atoms. The van der Waals surface area contributed by atoms with Crippen molar-refractivity contribution in [3.8, 4) is 0 Å². The fourth-order valence-electron chi connectivity index (χ4n) is 1.77. The van der Waals surface area contributed by atoms with Crippen molar-refractivity contribution < 1.29 is 4.39 Å². The molecule has 0 saturated heterocycles. The highest BCUT2D eigenvalue weighted by Gasteiger charge is 2.09. The number of nitrogens with zero attached hydrogens (tertiary/aromatic N) is 3. The number of nitrogens with one attached hydrogen (secondary N) is 2. The van der Waals surface area contributed by atoms with Crippen molar-refractivity contribution in [1.82, 2.24) is 19.9 Å². The third kappa shape index (κ3) is 2.52. The van der Waals surface area contributed by atoms with E-state index in [1.54, 1.807) is 12.1 Å². The zero-order chi connectivity index (χ0) is 14.1. The van der Waals surface area contributed by atoms with E-state index in [0.717, 1.165) is 5.56 Å². The van der Waals surface area contributed by atoms with Crippen LogP contribution in [0.4, 0.5) is 10.2 Å². The van der Waals surface area contributed by atoms with E-state index < -0.39 is 5.82 Å². The Balaban J connectivity index is 1.86. The molecule has 0 spiro atoms. The first-order valence-electron chi connectivity index (χ1n) is 5.68. The van der Waals surface area contributed by atoms with E-state index in [1.807, 2.05) is 0 Å². The molecule has 2 heterocycles. The number of imidazole rings is 1. The molecular weight excluding hydrogens is 304 g/mol. The van der Waals surface area contributed by atoms with Crippen LogP contribution in [0.3, 0.4) is 0 Å². The topological polar surface area (TPSA) is 66.5 Å². The van der Waals surface area contributed by atoms with Gasteiger partial charge in [0.2, 0.25) is 5.28 Å². The molecule has 0 aliphatic carbocycles. The van der Waals surface area contributed by atoms with Gasteiger partial charge < -0.3 is 10.3 Å². The van der Waals surface area contributed by atoms with Crippen molar-refractivity contribution in [1.29, 1.82) is 0 Å². The van der Waals surface area contributed by atoms with Gasteiger partial charge in [0, 0.05) is 6.54 Å². The Morgan fingerprint density at radius 1 is 1.25 bits per heavy atom. The molecule has 3 rings (SSSR count). The van der Waals surface area contributed by atoms with Crippen LogP contribution in [0.1, 0.15) is 5.56 Å². The number of aromatic nitrogens is 4. The van der Waals surface area contributed by atoms with E-state index >= 15 is 0 Å². The minimum atomic E-state index is -0.448. The maximum atomic E-state index is 13.1. The largest absolute Gasteiger partial charge is 0.364 e. The number of H-pyrrole nitrogens is 1. The average molecular weight is 312 g/mol. The third-order valence-electron chi connectivity index (χ3n) is 2.70. The predicted molar refractivity (Wildman–Crippen MR) is 75.4 cm³/mol. The van der Waals surface area contributed by atoms with Crippen LogP contribution in [0, 0.1) is 5.82 Å². The smallest absolute Gasteiger partial charge is 0.226 e. The number of anilines is 1. The van der Waals surface area contributed by atoms with E-state index in [-0.39, 0.29) is 10.3 Å². The quantitative estimate of drug-likeness (QED) is 0.727. The fraction of sp³-hybridized carbons (Fsp3) is 0.0833. The van der Waals surface area contributed by atoms with Crippen LogP contribution in [0.5, 0.6) is 0 Å². The van der Waals surface area contributed by atoms with Gasteiger partial charge >= 0.3 is 0 Å². The number of aromatic amines is 1. The Morgan fingerprint density at radius 2 is 2.10 bits per heavy atom. The molecule has 102 valence electrons. The number of hydrogen-bond donors (Lipinski definition) is 2. The summed E-state index contributed by atoms with van der Waals surface area (Å²) in [4.78, 5) is 15.0. The second-order valence-corrected chi connectivity index (χ2v) is 4.79. The number of benzene rings is 1. The summed E-state index contributed by atoms with van der Waals surface area (Å²) in [6.45, 7) is 0.418. The summed E-state index contributed by atoms with van der Waals surface area (Å²) in [7, 11) is 0. The van der Waals surface area contributed by atoms with E-state index in [0.29, 0.717) is 23.5 Å². The number of halogens is 3. The molecule has 0 aliphatic heterocycles. The predicted octanol–water partition coefficient (Wildman–Crippen LogP) is 3.41. The van der Waals surface area contributed by atoms with Gasteiger partial charge in [0.05, 0.1) is 11.3 Å². The highest BCUT2D eigenvalue weighted by atomic mass is 35.5. The van der Waals surface area contributed by atoms with Crippen molar-refractivity contribution in [3.05, 3.63) is 46.2 Å². The van der Waals surface area contributed by atoms with E-state index in [1.165, 1.54) is 12.4 Å². The lowest BCUT2D eigenvalue weighted by Crippen LogP contribution is -2.03. The molecule has 0 radical (unpaired) electrons. The van der Waals surface area contributed by atoms with Gasteiger partial charge in [-0.1, -0.05) is 17.7 Å². The zero-order valence-electron chi connectivity index (χ0n) is 9.99. The van der Waals surface area contributed by atoms with Gasteiger partial charge in [-0.2, -0.15) is 9.97 Å². The second-order valence-electron chi connectivity index (χ2n) is 4.04. The molecule has 8 heteroatoms. The maximum Gasteiger partial charge on any atom is 0.226 e. The lowest BCUT2D eigenvalue weighted by atomic mass is 10.2. The maximum absolute atomic E-state index is 13.1. The van der Waals surface area contributed by atoms with Gasteiger partial charge in [0.1, 0.15) is 11.3 Å². The van der Waals surface area contributed by atoms with Crippen LogP contribution in [-0.4, -0.2) is 19.9 Å². The minimum Gasteiger partial charge on any atom is -0.364 e. The van der Waals surface area contributed by atoms with E-state index in [9.17, 15) is 4.39 Å². The van der Waals surface area contributed by atoms with Crippen LogP contribution in [0.15, 0.2) is 24.5 Å². The molecule has 0 saturated carbocycles. The number of fused-ring (bicyclic) bond motifs is 1. The average Bonchev–Trinajstić information content (AvgIpc) is 2.88. The highest BCUT2D eigenvalue weighted by molar-refractivity contribution is 6.30. The zero-order valence-corrected chi connectivity index (χ0v) is 11.5. The molecule has 20 heavy (non-hydrogen) atoms. The molecule has 0 aliphatic rings. The van der Waals surface area contributed by atoms with Crippen molar-refractivity contribution in [3.63, 3.8) is 0 Å². The van der Waals surface area contributed by atoms with Crippen molar-refractivity contribution in [2.75, 3.05) is 5.32 Å². The molecule has 2 aromatic heterocycles. The van der Waals surface area contributed by atoms with Gasteiger partial charge in [-0.15, -0.1) is 0 Å². The van der Waals surface area contributed by atoms with Gasteiger partial charge in [0.15, 0.2) is 11.5 Å². The minimum absolute atomic E-state index is 0.0803. The molecule has 0 unspecified atom stereocenters. The number of rotatable bonds is 3. The van der Waals surface area contributed by atoms with Gasteiger partial charge in [-0.25, -0.2) is 9.37 Å². The summed E-state index contributed by atoms with van der Waals surface area (Å²) in [5.41, 5.74) is 1.95. The van der Waals surface area contributed by atoms with Crippen molar-refractivity contribution >= 4 is 40.2 Å². The Bertz CT molecular complexity index is 774. The Hall–Kier alpha value is -1.92. The molecule has 1 aromatic carbocycles. The SMILES string of the molecule is Fc1ccc(CNc2nc(Cl)nc3nc[nH]c23)cc1Cl. The molecule has 0 amide bonds. The summed E-state index contributed by atoms with van der Waals surface area (Å²) in [5.74, 6) is 0.0782. The third-order valence-corrected chi connectivity index (χ3v) is 3.16. The summed E-state index contributed by atoms with van der Waals surface area (Å²) in [5, 5.41) is 3.27. The molecular formula is C12H8Cl2FN5. The molecule has 0 atom stereocenters. The van der Waals surface area contributed by atoms with Crippen LogP contribution in [-0.2, 0) is 6.54 Å². The normalized spacial score (nSPS) is 10.9. The monoisotopic (exact) mass is 311 g/mol. The summed E-state index contributed by atoms with van der Waals surface area (Å²) in [6.07, 6.45) is 1.51. The first kappa shape index (κ1) is 13.1. The second kappa shape index (κ2) is 5.22. The fourth-order valence-corrected chi connectivity index (χ4v) is 2.14. The Labute approximate surface area is 123 Å².